The number of hydrogen-bond donors (Lipinski definition) is 0. The van der Waals surface area contributed by atoms with Gasteiger partial charge in [-0.3, -0.25) is 10.1 Å². The van der Waals surface area contributed by atoms with E-state index in [1.165, 1.54) is 0 Å². The summed E-state index contributed by atoms with van der Waals surface area (Å²) in [7, 11) is 0. The normalized spacial score (nSPS) is 11.2. The van der Waals surface area contributed by atoms with E-state index < -0.39 is 22.7 Å². The molecule has 0 aromatic heterocycles. The number of ether oxygens (including phenoxy) is 1. The molecule has 1 aromatic rings. The molecule has 0 atom stereocenters. The minimum atomic E-state index is -4.85. The summed E-state index contributed by atoms with van der Waals surface area (Å²) < 4.78 is 39.3. The van der Waals surface area contributed by atoms with E-state index in [0.29, 0.717) is 3.57 Å². The summed E-state index contributed by atoms with van der Waals surface area (Å²) in [5.41, 5.74) is -0.443. The Kier molecular flexibility index (Phi) is 3.37. The number of nitro benzene ring substituents is 1. The zero-order chi connectivity index (χ0) is 11.6. The van der Waals surface area contributed by atoms with E-state index in [1.807, 2.05) is 0 Å². The fourth-order valence-corrected chi connectivity index (χ4v) is 1.47. The van der Waals surface area contributed by atoms with Gasteiger partial charge in [0.15, 0.2) is 0 Å². The molecule has 15 heavy (non-hydrogen) atoms. The largest absolute Gasteiger partial charge is 0.573 e. The van der Waals surface area contributed by atoms with Gasteiger partial charge >= 0.3 is 6.36 Å². The van der Waals surface area contributed by atoms with Crippen molar-refractivity contribution in [2.24, 2.45) is 0 Å². The quantitative estimate of drug-likeness (QED) is 0.475. The van der Waals surface area contributed by atoms with Crippen molar-refractivity contribution in [1.29, 1.82) is 0 Å². The lowest BCUT2D eigenvalue weighted by molar-refractivity contribution is -0.385. The van der Waals surface area contributed by atoms with Gasteiger partial charge in [-0.2, -0.15) is 0 Å². The SMILES string of the molecule is O=[N+]([O-])c1cc(I)cc(OC(F)(F)F)c1. The van der Waals surface area contributed by atoms with Crippen LogP contribution in [0.25, 0.3) is 0 Å². The molecule has 82 valence electrons. The van der Waals surface area contributed by atoms with Crippen LogP contribution in [0.3, 0.4) is 0 Å². The maximum atomic E-state index is 11.8. The lowest BCUT2D eigenvalue weighted by atomic mass is 10.3. The number of benzene rings is 1. The Morgan fingerprint density at radius 2 is 1.93 bits per heavy atom. The van der Waals surface area contributed by atoms with Crippen LogP contribution in [0.5, 0.6) is 5.75 Å². The summed E-state index contributed by atoms with van der Waals surface area (Å²) in [5, 5.41) is 10.3. The maximum absolute atomic E-state index is 11.8. The zero-order valence-corrected chi connectivity index (χ0v) is 9.07. The van der Waals surface area contributed by atoms with Crippen LogP contribution in [0.15, 0.2) is 18.2 Å². The number of hydrogen-bond acceptors (Lipinski definition) is 3. The van der Waals surface area contributed by atoms with Crippen molar-refractivity contribution in [1.82, 2.24) is 0 Å². The standard InChI is InChI=1S/C7H3F3INO3/c8-7(9,10)15-6-2-4(11)1-5(3-6)12(13)14/h1-3H. The summed E-state index contributed by atoms with van der Waals surface area (Å²) in [6.45, 7) is 0. The predicted molar refractivity (Wildman–Crippen MR) is 52.5 cm³/mol. The molecule has 0 fully saturated rings. The van der Waals surface area contributed by atoms with Crippen LogP contribution in [0.4, 0.5) is 18.9 Å². The van der Waals surface area contributed by atoms with Crippen LogP contribution >= 0.6 is 22.6 Å². The molecule has 0 heterocycles. The lowest BCUT2D eigenvalue weighted by Gasteiger charge is -2.08. The summed E-state index contributed by atoms with van der Waals surface area (Å²) in [4.78, 5) is 9.55. The molecule has 4 nitrogen and oxygen atoms in total. The highest BCUT2D eigenvalue weighted by molar-refractivity contribution is 14.1. The van der Waals surface area contributed by atoms with Crippen molar-refractivity contribution < 1.29 is 22.8 Å². The second-order valence-corrected chi connectivity index (χ2v) is 3.70. The Morgan fingerprint density at radius 3 is 2.40 bits per heavy atom. The number of non-ortho nitro benzene ring substituents is 1. The van der Waals surface area contributed by atoms with Gasteiger partial charge in [-0.05, 0) is 28.7 Å². The molecule has 0 N–H and O–H groups in total. The van der Waals surface area contributed by atoms with Crippen LogP contribution in [-0.2, 0) is 0 Å². The highest BCUT2D eigenvalue weighted by Gasteiger charge is 2.31. The summed E-state index contributed by atoms with van der Waals surface area (Å²) in [6.07, 6.45) is -4.85. The third-order valence-electron chi connectivity index (χ3n) is 1.30. The minimum absolute atomic E-state index is 0.293. The second-order valence-electron chi connectivity index (χ2n) is 2.45. The summed E-state index contributed by atoms with van der Waals surface area (Å²) in [5.74, 6) is -0.596. The second kappa shape index (κ2) is 4.21. The summed E-state index contributed by atoms with van der Waals surface area (Å²) in [6, 6.07) is 2.92. The Balaban J connectivity index is 3.04. The Labute approximate surface area is 95.3 Å². The molecule has 0 saturated heterocycles. The van der Waals surface area contributed by atoms with E-state index in [4.69, 9.17) is 0 Å². The van der Waals surface area contributed by atoms with Crippen LogP contribution in [0, 0.1) is 13.7 Å². The highest BCUT2D eigenvalue weighted by atomic mass is 127. The van der Waals surface area contributed by atoms with E-state index >= 15 is 0 Å². The average Bonchev–Trinajstić information content (AvgIpc) is 1.99. The van der Waals surface area contributed by atoms with Gasteiger partial charge in [-0.1, -0.05) is 0 Å². The van der Waals surface area contributed by atoms with Gasteiger partial charge in [0.2, 0.25) is 0 Å². The molecular formula is C7H3F3INO3. The van der Waals surface area contributed by atoms with Gasteiger partial charge < -0.3 is 4.74 Å². The topological polar surface area (TPSA) is 52.4 Å². The van der Waals surface area contributed by atoms with Gasteiger partial charge in [-0.25, -0.2) is 0 Å². The minimum Gasteiger partial charge on any atom is -0.405 e. The van der Waals surface area contributed by atoms with Crippen molar-refractivity contribution in [2.75, 3.05) is 0 Å². The van der Waals surface area contributed by atoms with Gasteiger partial charge in [0.25, 0.3) is 5.69 Å². The number of nitrogens with zero attached hydrogens (tertiary/aromatic N) is 1. The first-order valence-corrected chi connectivity index (χ1v) is 4.56. The van der Waals surface area contributed by atoms with Crippen molar-refractivity contribution in [2.45, 2.75) is 6.36 Å². The number of halogens is 4. The van der Waals surface area contributed by atoms with Crippen molar-refractivity contribution in [3.63, 3.8) is 0 Å². The van der Waals surface area contributed by atoms with Gasteiger partial charge in [0.05, 0.1) is 11.0 Å². The van der Waals surface area contributed by atoms with Crippen LogP contribution < -0.4 is 4.74 Å². The third kappa shape index (κ3) is 3.90. The Morgan fingerprint density at radius 1 is 1.33 bits per heavy atom. The molecule has 0 radical (unpaired) electrons. The van der Waals surface area contributed by atoms with E-state index in [2.05, 4.69) is 4.74 Å². The Bertz CT molecular complexity index is 394. The average molecular weight is 333 g/mol. The molecule has 1 rings (SSSR count). The fourth-order valence-electron chi connectivity index (χ4n) is 0.846. The summed E-state index contributed by atoms with van der Waals surface area (Å²) >= 11 is 1.66. The molecule has 0 aliphatic carbocycles. The highest BCUT2D eigenvalue weighted by Crippen LogP contribution is 2.28. The van der Waals surface area contributed by atoms with E-state index in [-0.39, 0.29) is 0 Å². The molecule has 0 amide bonds. The fraction of sp³-hybridized carbons (Fsp3) is 0.143. The predicted octanol–water partition coefficient (Wildman–Crippen LogP) is 3.10. The molecule has 0 saturated carbocycles. The molecule has 0 aliphatic heterocycles. The zero-order valence-electron chi connectivity index (χ0n) is 6.92. The smallest absolute Gasteiger partial charge is 0.405 e. The van der Waals surface area contributed by atoms with Crippen LogP contribution in [0.2, 0.25) is 0 Å². The lowest BCUT2D eigenvalue weighted by Crippen LogP contribution is -2.17. The number of alkyl halides is 3. The molecule has 0 aliphatic rings. The van der Waals surface area contributed by atoms with Crippen molar-refractivity contribution >= 4 is 28.3 Å². The first-order chi connectivity index (χ1) is 6.78. The number of rotatable bonds is 2. The molecule has 0 unspecified atom stereocenters. The first kappa shape index (κ1) is 12.0. The third-order valence-corrected chi connectivity index (χ3v) is 1.92. The van der Waals surface area contributed by atoms with E-state index in [1.54, 1.807) is 22.6 Å². The van der Waals surface area contributed by atoms with Gasteiger partial charge in [-0.15, -0.1) is 13.2 Å². The Hall–Kier alpha value is -1.06. The number of nitro groups is 1. The van der Waals surface area contributed by atoms with Crippen LogP contribution in [0.1, 0.15) is 0 Å². The van der Waals surface area contributed by atoms with E-state index in [9.17, 15) is 23.3 Å². The molecule has 0 spiro atoms. The molecule has 8 heteroatoms. The van der Waals surface area contributed by atoms with E-state index in [0.717, 1.165) is 18.2 Å². The first-order valence-electron chi connectivity index (χ1n) is 3.48. The molecular weight excluding hydrogens is 330 g/mol. The molecule has 1 aromatic carbocycles. The van der Waals surface area contributed by atoms with Crippen molar-refractivity contribution in [3.05, 3.63) is 31.9 Å². The van der Waals surface area contributed by atoms with Gasteiger partial charge in [0, 0.05) is 9.64 Å². The molecule has 0 bridgehead atoms. The van der Waals surface area contributed by atoms with Gasteiger partial charge in [0.1, 0.15) is 5.75 Å². The van der Waals surface area contributed by atoms with Crippen molar-refractivity contribution in [3.8, 4) is 5.75 Å². The monoisotopic (exact) mass is 333 g/mol. The van der Waals surface area contributed by atoms with Crippen LogP contribution in [-0.4, -0.2) is 11.3 Å². The maximum Gasteiger partial charge on any atom is 0.573 e.